The number of carbonyl (C=O) groups is 1. The normalized spacial score (nSPS) is 15.3. The number of nitrogens with two attached hydrogens (primary N) is 1. The van der Waals surface area contributed by atoms with Gasteiger partial charge in [0.25, 0.3) is 5.91 Å². The number of nitrogens with one attached hydrogen (secondary N) is 2. The van der Waals surface area contributed by atoms with Gasteiger partial charge in [0.2, 0.25) is 10.0 Å². The zero-order valence-electron chi connectivity index (χ0n) is 11.5. The Bertz CT molecular complexity index is 590. The lowest BCUT2D eigenvalue weighted by Gasteiger charge is -2.04. The molecule has 2 rings (SSSR count). The summed E-state index contributed by atoms with van der Waals surface area (Å²) < 4.78 is 23.1. The van der Waals surface area contributed by atoms with Gasteiger partial charge in [-0.3, -0.25) is 9.89 Å². The van der Waals surface area contributed by atoms with Crippen LogP contribution in [0.5, 0.6) is 0 Å². The number of hydrogen-bond donors (Lipinski definition) is 3. The topological polar surface area (TPSA) is 118 Å². The first-order valence-corrected chi connectivity index (χ1v) is 8.36. The van der Waals surface area contributed by atoms with Gasteiger partial charge in [0.1, 0.15) is 4.90 Å². The minimum absolute atomic E-state index is 0.143. The molecule has 112 valence electrons. The Hall–Kier alpha value is -1.41. The second kappa shape index (κ2) is 5.92. The Morgan fingerprint density at radius 3 is 2.75 bits per heavy atom. The van der Waals surface area contributed by atoms with Crippen LogP contribution >= 0.6 is 0 Å². The van der Waals surface area contributed by atoms with Gasteiger partial charge in [-0.2, -0.15) is 5.10 Å². The molecule has 1 aliphatic carbocycles. The molecular formula is C12H20N4O3S. The van der Waals surface area contributed by atoms with Crippen LogP contribution in [0.4, 0.5) is 0 Å². The zero-order chi connectivity index (χ0) is 14.8. The maximum atomic E-state index is 12.0. The number of H-pyrrole nitrogens is 1. The van der Waals surface area contributed by atoms with Crippen LogP contribution in [0.25, 0.3) is 0 Å². The summed E-state index contributed by atoms with van der Waals surface area (Å²) in [5.41, 5.74) is 0.214. The predicted molar refractivity (Wildman–Crippen MR) is 73.6 cm³/mol. The fraction of sp³-hybridized carbons (Fsp3) is 0.667. The van der Waals surface area contributed by atoms with E-state index in [-0.39, 0.29) is 10.6 Å². The van der Waals surface area contributed by atoms with Crippen molar-refractivity contribution in [2.24, 2.45) is 11.1 Å². The molecule has 4 N–H and O–H groups in total. The van der Waals surface area contributed by atoms with Crippen LogP contribution in [0.3, 0.4) is 0 Å². The van der Waals surface area contributed by atoms with E-state index in [1.54, 1.807) is 6.92 Å². The number of rotatable bonds is 7. The average Bonchev–Trinajstić information content (AvgIpc) is 3.08. The standard InChI is InChI=1S/C12H20N4O3S/c1-2-9-11(20(13,18)19)10(16-15-9)12(17)14-7-3-4-8-5-6-8/h8H,2-7H2,1H3,(H,14,17)(H,15,16)(H2,13,18,19). The van der Waals surface area contributed by atoms with Gasteiger partial charge in [0.05, 0.1) is 5.69 Å². The second-order valence-electron chi connectivity index (χ2n) is 5.12. The molecule has 1 amide bonds. The quantitative estimate of drug-likeness (QED) is 0.637. The van der Waals surface area contributed by atoms with E-state index in [9.17, 15) is 13.2 Å². The van der Waals surface area contributed by atoms with E-state index in [4.69, 9.17) is 5.14 Å². The van der Waals surface area contributed by atoms with E-state index >= 15 is 0 Å². The molecule has 1 aromatic rings. The molecule has 0 radical (unpaired) electrons. The summed E-state index contributed by atoms with van der Waals surface area (Å²) in [4.78, 5) is 11.8. The first kappa shape index (κ1) is 15.0. The minimum Gasteiger partial charge on any atom is -0.351 e. The maximum absolute atomic E-state index is 12.0. The van der Waals surface area contributed by atoms with E-state index in [2.05, 4.69) is 15.5 Å². The summed E-state index contributed by atoms with van der Waals surface area (Å²) in [5, 5.41) is 14.2. The number of aromatic amines is 1. The van der Waals surface area contributed by atoms with Crippen molar-refractivity contribution in [2.75, 3.05) is 6.54 Å². The minimum atomic E-state index is -3.97. The summed E-state index contributed by atoms with van der Waals surface area (Å²) in [6, 6.07) is 0. The molecular weight excluding hydrogens is 280 g/mol. The number of aryl methyl sites for hydroxylation is 1. The fourth-order valence-corrected chi connectivity index (χ4v) is 3.09. The second-order valence-corrected chi connectivity index (χ2v) is 6.62. The summed E-state index contributed by atoms with van der Waals surface area (Å²) in [7, 11) is -3.97. The van der Waals surface area contributed by atoms with Crippen molar-refractivity contribution in [2.45, 2.75) is 43.9 Å². The third kappa shape index (κ3) is 3.57. The SMILES string of the molecule is CCc1[nH]nc(C(=O)NCCCC2CC2)c1S(N)(=O)=O. The number of hydrogen-bond acceptors (Lipinski definition) is 4. The Labute approximate surface area is 118 Å². The third-order valence-electron chi connectivity index (χ3n) is 3.42. The fourth-order valence-electron chi connectivity index (χ4n) is 2.15. The highest BCUT2D eigenvalue weighted by atomic mass is 32.2. The number of carbonyl (C=O) groups excluding carboxylic acids is 1. The summed E-state index contributed by atoms with van der Waals surface area (Å²) in [6.45, 7) is 2.28. The van der Waals surface area contributed by atoms with Crippen molar-refractivity contribution in [3.8, 4) is 0 Å². The lowest BCUT2D eigenvalue weighted by atomic mass is 10.2. The Kier molecular flexibility index (Phi) is 4.44. The van der Waals surface area contributed by atoms with Crippen LogP contribution in [-0.2, 0) is 16.4 Å². The highest BCUT2D eigenvalue weighted by Crippen LogP contribution is 2.33. The van der Waals surface area contributed by atoms with Crippen LogP contribution in [0.1, 0.15) is 48.8 Å². The van der Waals surface area contributed by atoms with Gasteiger partial charge in [-0.1, -0.05) is 19.8 Å². The number of amides is 1. The molecule has 0 spiro atoms. The van der Waals surface area contributed by atoms with E-state index in [1.165, 1.54) is 12.8 Å². The summed E-state index contributed by atoms with van der Waals surface area (Å²) in [6.07, 6.45) is 4.97. The summed E-state index contributed by atoms with van der Waals surface area (Å²) >= 11 is 0. The molecule has 0 aliphatic heterocycles. The van der Waals surface area contributed by atoms with Gasteiger partial charge >= 0.3 is 0 Å². The molecule has 1 aliphatic rings. The zero-order valence-corrected chi connectivity index (χ0v) is 12.3. The molecule has 1 heterocycles. The Balaban J connectivity index is 2.03. The van der Waals surface area contributed by atoms with Crippen molar-refractivity contribution in [1.29, 1.82) is 0 Å². The van der Waals surface area contributed by atoms with Gasteiger partial charge in [-0.25, -0.2) is 13.6 Å². The molecule has 1 saturated carbocycles. The van der Waals surface area contributed by atoms with Gasteiger partial charge in [0, 0.05) is 6.54 Å². The number of primary sulfonamides is 1. The lowest BCUT2D eigenvalue weighted by molar-refractivity contribution is 0.0944. The van der Waals surface area contributed by atoms with Crippen LogP contribution in [0.15, 0.2) is 4.90 Å². The maximum Gasteiger partial charge on any atom is 0.273 e. The molecule has 0 saturated heterocycles. The molecule has 8 heteroatoms. The van der Waals surface area contributed by atoms with E-state index in [0.717, 1.165) is 18.8 Å². The van der Waals surface area contributed by atoms with Gasteiger partial charge in [0.15, 0.2) is 5.69 Å². The highest BCUT2D eigenvalue weighted by Gasteiger charge is 2.26. The van der Waals surface area contributed by atoms with E-state index in [0.29, 0.717) is 18.7 Å². The van der Waals surface area contributed by atoms with Crippen molar-refractivity contribution < 1.29 is 13.2 Å². The molecule has 1 aromatic heterocycles. The third-order valence-corrected chi connectivity index (χ3v) is 4.43. The van der Waals surface area contributed by atoms with Gasteiger partial charge in [-0.15, -0.1) is 0 Å². The molecule has 0 aromatic carbocycles. The van der Waals surface area contributed by atoms with E-state index < -0.39 is 15.9 Å². The largest absolute Gasteiger partial charge is 0.351 e. The first-order chi connectivity index (χ1) is 9.43. The predicted octanol–water partition coefficient (Wildman–Crippen LogP) is 0.539. The first-order valence-electron chi connectivity index (χ1n) is 6.81. The van der Waals surface area contributed by atoms with Crippen molar-refractivity contribution in [3.05, 3.63) is 11.4 Å². The number of nitrogens with zero attached hydrogens (tertiary/aromatic N) is 1. The highest BCUT2D eigenvalue weighted by molar-refractivity contribution is 7.89. The van der Waals surface area contributed by atoms with Crippen LogP contribution in [0, 0.1) is 5.92 Å². The molecule has 1 fully saturated rings. The number of sulfonamides is 1. The monoisotopic (exact) mass is 300 g/mol. The molecule has 20 heavy (non-hydrogen) atoms. The van der Waals surface area contributed by atoms with Crippen LogP contribution < -0.4 is 10.5 Å². The van der Waals surface area contributed by atoms with Crippen molar-refractivity contribution in [3.63, 3.8) is 0 Å². The lowest BCUT2D eigenvalue weighted by Crippen LogP contribution is -2.27. The van der Waals surface area contributed by atoms with Crippen molar-refractivity contribution in [1.82, 2.24) is 15.5 Å². The van der Waals surface area contributed by atoms with E-state index in [1.807, 2.05) is 0 Å². The Morgan fingerprint density at radius 2 is 2.20 bits per heavy atom. The van der Waals surface area contributed by atoms with Crippen molar-refractivity contribution >= 4 is 15.9 Å². The average molecular weight is 300 g/mol. The molecule has 0 bridgehead atoms. The van der Waals surface area contributed by atoms with Crippen LogP contribution in [-0.4, -0.2) is 31.1 Å². The van der Waals surface area contributed by atoms with Gasteiger partial charge in [-0.05, 0) is 25.2 Å². The number of aromatic nitrogens is 2. The molecule has 0 unspecified atom stereocenters. The molecule has 0 atom stereocenters. The molecule has 7 nitrogen and oxygen atoms in total. The Morgan fingerprint density at radius 1 is 1.50 bits per heavy atom. The smallest absolute Gasteiger partial charge is 0.273 e. The van der Waals surface area contributed by atoms with Gasteiger partial charge < -0.3 is 5.32 Å². The summed E-state index contributed by atoms with van der Waals surface area (Å²) in [5.74, 6) is 0.310. The van der Waals surface area contributed by atoms with Crippen LogP contribution in [0.2, 0.25) is 0 Å².